The van der Waals surface area contributed by atoms with Crippen molar-refractivity contribution < 1.29 is 4.42 Å². The molecule has 5 heteroatoms. The van der Waals surface area contributed by atoms with E-state index in [1.807, 2.05) is 91.0 Å². The molecule has 0 fully saturated rings. The van der Waals surface area contributed by atoms with Crippen LogP contribution in [0.2, 0.25) is 0 Å². The first kappa shape index (κ1) is 25.6. The van der Waals surface area contributed by atoms with Crippen molar-refractivity contribution in [2.24, 2.45) is 0 Å². The van der Waals surface area contributed by atoms with Crippen LogP contribution >= 0.6 is 0 Å². The molecular weight excluding hydrogens is 540 g/mol. The van der Waals surface area contributed by atoms with Crippen molar-refractivity contribution in [2.45, 2.75) is 0 Å². The molecular formula is C39H26N4O. The van der Waals surface area contributed by atoms with Crippen LogP contribution < -0.4 is 4.90 Å². The number of nitrogens with zero attached hydrogens (tertiary/aromatic N) is 4. The van der Waals surface area contributed by atoms with E-state index >= 15 is 0 Å². The molecule has 6 aromatic carbocycles. The number of hydrogen-bond donors (Lipinski definition) is 0. The van der Waals surface area contributed by atoms with E-state index in [1.165, 1.54) is 0 Å². The third-order valence-corrected chi connectivity index (χ3v) is 7.69. The smallest absolute Gasteiger partial charge is 0.164 e. The Morgan fingerprint density at radius 1 is 0.409 bits per heavy atom. The van der Waals surface area contributed by atoms with E-state index in [1.54, 1.807) is 0 Å². The van der Waals surface area contributed by atoms with E-state index in [-0.39, 0.29) is 0 Å². The fraction of sp³-hybridized carbons (Fsp3) is 0. The van der Waals surface area contributed by atoms with Crippen molar-refractivity contribution in [3.63, 3.8) is 0 Å². The maximum Gasteiger partial charge on any atom is 0.164 e. The highest BCUT2D eigenvalue weighted by molar-refractivity contribution is 6.13. The highest BCUT2D eigenvalue weighted by atomic mass is 16.3. The lowest BCUT2D eigenvalue weighted by molar-refractivity contribution is 0.669. The number of fused-ring (bicyclic) bond motifs is 3. The van der Waals surface area contributed by atoms with Crippen LogP contribution in [0.3, 0.4) is 0 Å². The highest BCUT2D eigenvalue weighted by Gasteiger charge is 2.22. The minimum atomic E-state index is 0.581. The number of para-hydroxylation sites is 3. The Morgan fingerprint density at radius 2 is 0.886 bits per heavy atom. The Balaban J connectivity index is 1.44. The van der Waals surface area contributed by atoms with E-state index in [2.05, 4.69) is 71.6 Å². The number of rotatable bonds is 6. The zero-order valence-electron chi connectivity index (χ0n) is 23.7. The lowest BCUT2D eigenvalue weighted by atomic mass is 10.0. The Morgan fingerprint density at radius 3 is 1.45 bits per heavy atom. The number of furan rings is 1. The second-order valence-electron chi connectivity index (χ2n) is 10.5. The van der Waals surface area contributed by atoms with Crippen LogP contribution in [0.5, 0.6) is 0 Å². The molecule has 0 unspecified atom stereocenters. The maximum absolute atomic E-state index is 6.51. The molecule has 0 saturated heterocycles. The predicted molar refractivity (Wildman–Crippen MR) is 178 cm³/mol. The van der Waals surface area contributed by atoms with Gasteiger partial charge in [-0.3, -0.25) is 0 Å². The molecule has 2 aromatic heterocycles. The molecule has 2 heterocycles. The second-order valence-corrected chi connectivity index (χ2v) is 10.5. The lowest BCUT2D eigenvalue weighted by Crippen LogP contribution is -2.10. The van der Waals surface area contributed by atoms with Crippen LogP contribution in [0.1, 0.15) is 0 Å². The Labute approximate surface area is 254 Å². The molecule has 0 aliphatic heterocycles. The fourth-order valence-electron chi connectivity index (χ4n) is 5.68. The molecule has 0 saturated carbocycles. The first-order valence-corrected chi connectivity index (χ1v) is 14.5. The van der Waals surface area contributed by atoms with Crippen molar-refractivity contribution in [2.75, 3.05) is 4.90 Å². The molecule has 0 N–H and O–H groups in total. The Kier molecular flexibility index (Phi) is 6.39. The average molecular weight is 567 g/mol. The summed E-state index contributed by atoms with van der Waals surface area (Å²) in [7, 11) is 0. The molecule has 8 rings (SSSR count). The van der Waals surface area contributed by atoms with Gasteiger partial charge in [0.2, 0.25) is 0 Å². The zero-order valence-corrected chi connectivity index (χ0v) is 23.7. The van der Waals surface area contributed by atoms with Gasteiger partial charge >= 0.3 is 0 Å². The van der Waals surface area contributed by atoms with E-state index in [4.69, 9.17) is 19.4 Å². The number of anilines is 3. The summed E-state index contributed by atoms with van der Waals surface area (Å²) < 4.78 is 6.51. The van der Waals surface area contributed by atoms with Crippen molar-refractivity contribution in [3.8, 4) is 34.2 Å². The van der Waals surface area contributed by atoms with Gasteiger partial charge in [-0.1, -0.05) is 115 Å². The zero-order chi connectivity index (χ0) is 29.3. The molecule has 8 aromatic rings. The lowest BCUT2D eigenvalue weighted by Gasteiger charge is -2.26. The van der Waals surface area contributed by atoms with Crippen molar-refractivity contribution in [1.29, 1.82) is 0 Å². The maximum atomic E-state index is 6.51. The molecule has 0 aliphatic carbocycles. The van der Waals surface area contributed by atoms with Gasteiger partial charge in [-0.2, -0.15) is 0 Å². The van der Waals surface area contributed by atoms with Gasteiger partial charge in [-0.15, -0.1) is 0 Å². The normalized spacial score (nSPS) is 11.2. The van der Waals surface area contributed by atoms with E-state index in [9.17, 15) is 0 Å². The third kappa shape index (κ3) is 4.67. The van der Waals surface area contributed by atoms with Crippen LogP contribution in [0.25, 0.3) is 56.1 Å². The van der Waals surface area contributed by atoms with Gasteiger partial charge in [-0.05, 0) is 36.4 Å². The molecule has 44 heavy (non-hydrogen) atoms. The molecule has 0 atom stereocenters. The second kappa shape index (κ2) is 11.0. The molecule has 208 valence electrons. The van der Waals surface area contributed by atoms with Gasteiger partial charge in [0.1, 0.15) is 11.2 Å². The largest absolute Gasteiger partial charge is 0.456 e. The van der Waals surface area contributed by atoms with Gasteiger partial charge in [-0.25, -0.2) is 15.0 Å². The van der Waals surface area contributed by atoms with E-state index in [0.717, 1.165) is 55.7 Å². The minimum Gasteiger partial charge on any atom is -0.456 e. The SMILES string of the molecule is c1ccc(-c2nc(-c3ccccc3)nc(-c3cc(N(c4ccccc4)c4ccccc4)cc4oc5ccccc5c34)n2)cc1. The summed E-state index contributed by atoms with van der Waals surface area (Å²) in [4.78, 5) is 17.4. The van der Waals surface area contributed by atoms with E-state index in [0.29, 0.717) is 17.5 Å². The Hall–Kier alpha value is -6.07. The molecule has 0 amide bonds. The number of aromatic nitrogens is 3. The van der Waals surface area contributed by atoms with Gasteiger partial charge in [0.15, 0.2) is 17.5 Å². The highest BCUT2D eigenvalue weighted by Crippen LogP contribution is 2.43. The van der Waals surface area contributed by atoms with Crippen molar-refractivity contribution >= 4 is 39.0 Å². The third-order valence-electron chi connectivity index (χ3n) is 7.69. The summed E-state index contributed by atoms with van der Waals surface area (Å²) in [5.74, 6) is 1.81. The van der Waals surface area contributed by atoms with Crippen molar-refractivity contribution in [3.05, 3.63) is 158 Å². The van der Waals surface area contributed by atoms with Crippen molar-refractivity contribution in [1.82, 2.24) is 15.0 Å². The summed E-state index contributed by atoms with van der Waals surface area (Å²) in [6.45, 7) is 0. The summed E-state index contributed by atoms with van der Waals surface area (Å²) in [6.07, 6.45) is 0. The van der Waals surface area contributed by atoms with Crippen LogP contribution in [0.15, 0.2) is 162 Å². The van der Waals surface area contributed by atoms with Crippen LogP contribution in [0, 0.1) is 0 Å². The fourth-order valence-corrected chi connectivity index (χ4v) is 5.68. The van der Waals surface area contributed by atoms with Crippen LogP contribution in [-0.4, -0.2) is 15.0 Å². The molecule has 0 bridgehead atoms. The molecule has 0 spiro atoms. The topological polar surface area (TPSA) is 55.1 Å². The molecule has 0 radical (unpaired) electrons. The number of hydrogen-bond acceptors (Lipinski definition) is 5. The van der Waals surface area contributed by atoms with E-state index < -0.39 is 0 Å². The minimum absolute atomic E-state index is 0.581. The molecule has 0 aliphatic rings. The van der Waals surface area contributed by atoms with Crippen LogP contribution in [-0.2, 0) is 0 Å². The summed E-state index contributed by atoms with van der Waals surface area (Å²) >= 11 is 0. The predicted octanol–water partition coefficient (Wildman–Crippen LogP) is 10.2. The average Bonchev–Trinajstić information content (AvgIpc) is 3.48. The summed E-state index contributed by atoms with van der Waals surface area (Å²) in [5.41, 5.74) is 7.30. The van der Waals surface area contributed by atoms with Gasteiger partial charge in [0, 0.05) is 44.9 Å². The standard InChI is InChI=1S/C39H26N4O/c1-5-15-27(16-6-1)37-40-38(28-17-7-2-8-18-28)42-39(41-37)33-25-31(26-35-36(33)32-23-13-14-24-34(32)44-35)43(29-19-9-3-10-20-29)30-21-11-4-12-22-30/h1-26H. The monoisotopic (exact) mass is 566 g/mol. The van der Waals surface area contributed by atoms with Crippen LogP contribution in [0.4, 0.5) is 17.1 Å². The first-order chi connectivity index (χ1) is 21.8. The van der Waals surface area contributed by atoms with Gasteiger partial charge in [0.25, 0.3) is 0 Å². The van der Waals surface area contributed by atoms with Gasteiger partial charge < -0.3 is 9.32 Å². The number of benzene rings is 6. The molecule has 5 nitrogen and oxygen atoms in total. The first-order valence-electron chi connectivity index (χ1n) is 14.5. The quantitative estimate of drug-likeness (QED) is 0.200. The van der Waals surface area contributed by atoms with Gasteiger partial charge in [0.05, 0.1) is 5.69 Å². The summed E-state index contributed by atoms with van der Waals surface area (Å²) in [6, 6.07) is 53.2. The Bertz CT molecular complexity index is 2120. The summed E-state index contributed by atoms with van der Waals surface area (Å²) in [5, 5.41) is 1.98.